The maximum atomic E-state index is 6.38. The molecule has 8 aromatic rings. The zero-order valence-corrected chi connectivity index (χ0v) is 27.5. The molecule has 0 amide bonds. The number of allylic oxidation sites excluding steroid dienone is 3. The Kier molecular flexibility index (Phi) is 7.64. The Morgan fingerprint density at radius 2 is 1.18 bits per heavy atom. The molecule has 238 valence electrons. The van der Waals surface area contributed by atoms with E-state index in [1.54, 1.807) is 0 Å². The SMILES string of the molecule is C1=CC(c2ccccc2)CC=C1N(c1ccc(-c2cc3nc(-c4ccccc4)oc3c3ccccc23)cc1)c1ccccc1-c1ccccc1. The van der Waals surface area contributed by atoms with Gasteiger partial charge in [-0.3, -0.25) is 0 Å². The van der Waals surface area contributed by atoms with Crippen LogP contribution in [0, 0.1) is 0 Å². The summed E-state index contributed by atoms with van der Waals surface area (Å²) in [5.41, 5.74) is 12.0. The highest BCUT2D eigenvalue weighted by atomic mass is 16.3. The summed E-state index contributed by atoms with van der Waals surface area (Å²) < 4.78 is 6.38. The zero-order chi connectivity index (χ0) is 33.3. The number of para-hydroxylation sites is 1. The first-order valence-electron chi connectivity index (χ1n) is 17.2. The molecule has 7 aromatic carbocycles. The summed E-state index contributed by atoms with van der Waals surface area (Å²) in [4.78, 5) is 7.34. The summed E-state index contributed by atoms with van der Waals surface area (Å²) in [5.74, 6) is 0.991. The van der Waals surface area contributed by atoms with E-state index in [0.29, 0.717) is 11.8 Å². The Balaban J connectivity index is 1.14. The smallest absolute Gasteiger partial charge is 0.227 e. The number of rotatable bonds is 7. The first kappa shape index (κ1) is 29.7. The minimum absolute atomic E-state index is 0.357. The van der Waals surface area contributed by atoms with Crippen LogP contribution in [-0.2, 0) is 0 Å². The van der Waals surface area contributed by atoms with Crippen molar-refractivity contribution < 1.29 is 4.42 Å². The summed E-state index contributed by atoms with van der Waals surface area (Å²) in [7, 11) is 0. The van der Waals surface area contributed by atoms with Crippen LogP contribution >= 0.6 is 0 Å². The van der Waals surface area contributed by atoms with Gasteiger partial charge in [0.25, 0.3) is 0 Å². The fourth-order valence-corrected chi connectivity index (χ4v) is 7.17. The average Bonchev–Trinajstić information content (AvgIpc) is 3.64. The van der Waals surface area contributed by atoms with Crippen LogP contribution in [-0.4, -0.2) is 4.98 Å². The normalized spacial score (nSPS) is 14.2. The average molecular weight is 643 g/mol. The van der Waals surface area contributed by atoms with Crippen molar-refractivity contribution >= 4 is 33.2 Å². The lowest BCUT2D eigenvalue weighted by atomic mass is 9.91. The van der Waals surface area contributed by atoms with Gasteiger partial charge in [-0.15, -0.1) is 0 Å². The van der Waals surface area contributed by atoms with Crippen LogP contribution in [0.1, 0.15) is 17.9 Å². The number of fused-ring (bicyclic) bond motifs is 3. The van der Waals surface area contributed by atoms with Gasteiger partial charge in [-0.05, 0) is 76.5 Å². The summed E-state index contributed by atoms with van der Waals surface area (Å²) in [6.07, 6.45) is 7.95. The number of aromatic nitrogens is 1. The minimum Gasteiger partial charge on any atom is -0.435 e. The Hall–Kier alpha value is -6.45. The second-order valence-electron chi connectivity index (χ2n) is 12.7. The second kappa shape index (κ2) is 12.9. The van der Waals surface area contributed by atoms with Crippen LogP contribution in [0.2, 0.25) is 0 Å². The van der Waals surface area contributed by atoms with E-state index in [1.165, 1.54) is 16.7 Å². The summed E-state index contributed by atoms with van der Waals surface area (Å²) in [5, 5.41) is 2.20. The van der Waals surface area contributed by atoms with Gasteiger partial charge in [0.2, 0.25) is 5.89 Å². The standard InChI is InChI=1S/C47H34N2O/c1-4-14-33(15-5-1)34-24-28-38(29-25-34)49(45-23-13-12-20-40(45)35-16-6-2-7-17-35)39-30-26-36(27-31-39)43-32-44-46(42-22-11-10-21-41(42)43)50-47(48-44)37-18-8-3-9-19-37/h1-24,26-32,34H,25H2. The number of benzene rings is 7. The number of oxazole rings is 1. The zero-order valence-electron chi connectivity index (χ0n) is 27.5. The summed E-state index contributed by atoms with van der Waals surface area (Å²) in [6.45, 7) is 0. The second-order valence-corrected chi connectivity index (χ2v) is 12.7. The molecule has 0 spiro atoms. The van der Waals surface area contributed by atoms with Crippen LogP contribution in [0.25, 0.3) is 55.6 Å². The molecule has 0 aliphatic heterocycles. The Morgan fingerprint density at radius 1 is 0.560 bits per heavy atom. The molecule has 1 aliphatic carbocycles. The fourth-order valence-electron chi connectivity index (χ4n) is 7.17. The molecule has 1 heterocycles. The molecule has 1 aromatic heterocycles. The van der Waals surface area contributed by atoms with E-state index in [9.17, 15) is 0 Å². The molecule has 0 radical (unpaired) electrons. The Morgan fingerprint density at radius 3 is 1.90 bits per heavy atom. The van der Waals surface area contributed by atoms with Gasteiger partial charge >= 0.3 is 0 Å². The van der Waals surface area contributed by atoms with E-state index in [0.717, 1.165) is 62.1 Å². The highest BCUT2D eigenvalue weighted by Crippen LogP contribution is 2.42. The molecule has 1 atom stereocenters. The molecule has 0 saturated heterocycles. The summed E-state index contributed by atoms with van der Waals surface area (Å²) >= 11 is 0. The van der Waals surface area contributed by atoms with Crippen LogP contribution in [0.4, 0.5) is 11.4 Å². The largest absolute Gasteiger partial charge is 0.435 e. The molecule has 0 saturated carbocycles. The van der Waals surface area contributed by atoms with Gasteiger partial charge in [0.05, 0.1) is 5.69 Å². The molecule has 1 unspecified atom stereocenters. The monoisotopic (exact) mass is 642 g/mol. The fraction of sp³-hybridized carbons (Fsp3) is 0.0426. The third kappa shape index (κ3) is 5.49. The first-order chi connectivity index (χ1) is 24.8. The van der Waals surface area contributed by atoms with E-state index in [-0.39, 0.29) is 0 Å². The van der Waals surface area contributed by atoms with Gasteiger partial charge < -0.3 is 9.32 Å². The first-order valence-corrected chi connectivity index (χ1v) is 17.2. The van der Waals surface area contributed by atoms with Gasteiger partial charge in [-0.2, -0.15) is 0 Å². The summed E-state index contributed by atoms with van der Waals surface area (Å²) in [6, 6.07) is 59.8. The van der Waals surface area contributed by atoms with Crippen molar-refractivity contribution in [1.82, 2.24) is 4.98 Å². The van der Waals surface area contributed by atoms with E-state index < -0.39 is 0 Å². The predicted octanol–water partition coefficient (Wildman–Crippen LogP) is 12.7. The molecule has 0 fully saturated rings. The molecular weight excluding hydrogens is 609 g/mol. The third-order valence-corrected chi connectivity index (χ3v) is 9.65. The van der Waals surface area contributed by atoms with Crippen molar-refractivity contribution in [3.05, 3.63) is 199 Å². The molecule has 3 heteroatoms. The highest BCUT2D eigenvalue weighted by molar-refractivity contribution is 6.11. The minimum atomic E-state index is 0.357. The lowest BCUT2D eigenvalue weighted by Gasteiger charge is -2.31. The van der Waals surface area contributed by atoms with Gasteiger partial charge in [0.1, 0.15) is 5.52 Å². The molecule has 0 bridgehead atoms. The third-order valence-electron chi connectivity index (χ3n) is 9.65. The Bertz CT molecular complexity index is 2500. The van der Waals surface area contributed by atoms with E-state index >= 15 is 0 Å². The van der Waals surface area contributed by atoms with Gasteiger partial charge in [-0.25, -0.2) is 4.98 Å². The predicted molar refractivity (Wildman–Crippen MR) is 207 cm³/mol. The van der Waals surface area contributed by atoms with Crippen molar-refractivity contribution in [3.63, 3.8) is 0 Å². The maximum absolute atomic E-state index is 6.38. The molecule has 50 heavy (non-hydrogen) atoms. The van der Waals surface area contributed by atoms with E-state index in [1.807, 2.05) is 30.3 Å². The van der Waals surface area contributed by atoms with Gasteiger partial charge in [-0.1, -0.05) is 146 Å². The molecule has 3 nitrogen and oxygen atoms in total. The number of hydrogen-bond donors (Lipinski definition) is 0. The van der Waals surface area contributed by atoms with Gasteiger partial charge in [0, 0.05) is 33.8 Å². The number of hydrogen-bond acceptors (Lipinski definition) is 3. The van der Waals surface area contributed by atoms with Crippen molar-refractivity contribution in [2.24, 2.45) is 0 Å². The van der Waals surface area contributed by atoms with E-state index in [2.05, 4.69) is 163 Å². The molecule has 9 rings (SSSR count). The quantitative estimate of drug-likeness (QED) is 0.173. The van der Waals surface area contributed by atoms with Crippen molar-refractivity contribution in [2.45, 2.75) is 12.3 Å². The molecule has 0 N–H and O–H groups in total. The number of nitrogens with zero attached hydrogens (tertiary/aromatic N) is 2. The number of anilines is 2. The maximum Gasteiger partial charge on any atom is 0.227 e. The van der Waals surface area contributed by atoms with Crippen LogP contribution < -0.4 is 4.90 Å². The highest BCUT2D eigenvalue weighted by Gasteiger charge is 2.21. The Labute approximate surface area is 292 Å². The van der Waals surface area contributed by atoms with Crippen molar-refractivity contribution in [1.29, 1.82) is 0 Å². The van der Waals surface area contributed by atoms with Crippen molar-refractivity contribution in [3.8, 4) is 33.7 Å². The molecular formula is C47H34N2O. The van der Waals surface area contributed by atoms with Gasteiger partial charge in [0.15, 0.2) is 5.58 Å². The lowest BCUT2D eigenvalue weighted by molar-refractivity contribution is 0.623. The van der Waals surface area contributed by atoms with E-state index in [4.69, 9.17) is 9.40 Å². The van der Waals surface area contributed by atoms with Crippen molar-refractivity contribution in [2.75, 3.05) is 4.90 Å². The molecule has 1 aliphatic rings. The topological polar surface area (TPSA) is 29.3 Å². The lowest BCUT2D eigenvalue weighted by Crippen LogP contribution is -2.18. The van der Waals surface area contributed by atoms with Crippen LogP contribution in [0.5, 0.6) is 0 Å². The van der Waals surface area contributed by atoms with Crippen LogP contribution in [0.3, 0.4) is 0 Å². The van der Waals surface area contributed by atoms with Crippen LogP contribution in [0.15, 0.2) is 198 Å².